The lowest BCUT2D eigenvalue weighted by Gasteiger charge is -2.28. The second-order valence-corrected chi connectivity index (χ2v) is 8.32. The van der Waals surface area contributed by atoms with Crippen molar-refractivity contribution in [1.82, 2.24) is 25.1 Å². The van der Waals surface area contributed by atoms with Crippen molar-refractivity contribution < 1.29 is 9.53 Å². The lowest BCUT2D eigenvalue weighted by Crippen LogP contribution is -2.37. The molecule has 158 valence electrons. The van der Waals surface area contributed by atoms with E-state index in [0.717, 1.165) is 46.4 Å². The Morgan fingerprint density at radius 2 is 1.97 bits per heavy atom. The lowest BCUT2D eigenvalue weighted by atomic mass is 10.1. The summed E-state index contributed by atoms with van der Waals surface area (Å²) in [6.07, 6.45) is 1.82. The third kappa shape index (κ3) is 4.57. The molecule has 3 heterocycles. The minimum Gasteiger partial charge on any atom is -0.378 e. The monoisotopic (exact) mass is 426 g/mol. The Balaban J connectivity index is 1.51. The molecular weight excluding hydrogens is 400 g/mol. The first-order chi connectivity index (χ1) is 14.7. The topological polar surface area (TPSA) is 85.2 Å². The summed E-state index contributed by atoms with van der Waals surface area (Å²) in [4.78, 5) is 24.1. The van der Waals surface area contributed by atoms with Gasteiger partial charge in [0.05, 0.1) is 31.3 Å². The van der Waals surface area contributed by atoms with Gasteiger partial charge < -0.3 is 15.0 Å². The molecule has 0 spiro atoms. The van der Waals surface area contributed by atoms with Gasteiger partial charge in [0.2, 0.25) is 0 Å². The van der Waals surface area contributed by atoms with Crippen LogP contribution in [0, 0.1) is 6.92 Å². The van der Waals surface area contributed by atoms with E-state index in [1.165, 1.54) is 0 Å². The molecule has 0 aliphatic carbocycles. The van der Waals surface area contributed by atoms with Crippen LogP contribution < -0.4 is 10.2 Å². The number of nitrogens with one attached hydrogen (secondary N) is 1. The van der Waals surface area contributed by atoms with Crippen LogP contribution in [0.4, 0.5) is 5.82 Å². The first kappa shape index (κ1) is 20.6. The highest BCUT2D eigenvalue weighted by molar-refractivity contribution is 7.99. The van der Waals surface area contributed by atoms with Crippen LogP contribution in [-0.2, 0) is 11.3 Å². The number of amides is 1. The Bertz CT molecular complexity index is 1010. The highest BCUT2D eigenvalue weighted by atomic mass is 32.2. The van der Waals surface area contributed by atoms with Crippen LogP contribution in [0.5, 0.6) is 0 Å². The molecule has 1 aliphatic rings. The van der Waals surface area contributed by atoms with Crippen molar-refractivity contribution in [2.24, 2.45) is 0 Å². The van der Waals surface area contributed by atoms with Gasteiger partial charge in [0.15, 0.2) is 10.8 Å². The third-order valence-electron chi connectivity index (χ3n) is 4.96. The SMILES string of the molecule is CCSc1nc(N2CCOCC2)c2cnn(CCNC(=O)c3ccc(C)cc3)c2n1. The summed E-state index contributed by atoms with van der Waals surface area (Å²) in [5, 5.41) is 9.17. The van der Waals surface area contributed by atoms with E-state index in [0.29, 0.717) is 31.9 Å². The predicted octanol–water partition coefficient (Wildman–Crippen LogP) is 2.51. The number of morpholine rings is 1. The highest BCUT2D eigenvalue weighted by Crippen LogP contribution is 2.27. The first-order valence-electron chi connectivity index (χ1n) is 10.2. The van der Waals surface area contributed by atoms with Crippen molar-refractivity contribution in [3.05, 3.63) is 41.6 Å². The zero-order valence-electron chi connectivity index (χ0n) is 17.3. The number of aromatic nitrogens is 4. The molecule has 1 N–H and O–H groups in total. The average Bonchev–Trinajstić information content (AvgIpc) is 3.17. The quantitative estimate of drug-likeness (QED) is 0.459. The Morgan fingerprint density at radius 3 is 2.70 bits per heavy atom. The van der Waals surface area contributed by atoms with E-state index in [2.05, 4.69) is 22.2 Å². The van der Waals surface area contributed by atoms with E-state index < -0.39 is 0 Å². The van der Waals surface area contributed by atoms with Gasteiger partial charge in [0.1, 0.15) is 5.82 Å². The summed E-state index contributed by atoms with van der Waals surface area (Å²) >= 11 is 1.62. The molecule has 0 unspecified atom stereocenters. The van der Waals surface area contributed by atoms with Gasteiger partial charge in [-0.05, 0) is 24.8 Å². The molecule has 0 atom stereocenters. The van der Waals surface area contributed by atoms with Crippen LogP contribution in [0.25, 0.3) is 11.0 Å². The molecule has 30 heavy (non-hydrogen) atoms. The van der Waals surface area contributed by atoms with Crippen LogP contribution >= 0.6 is 11.8 Å². The number of thioether (sulfide) groups is 1. The summed E-state index contributed by atoms with van der Waals surface area (Å²) in [5.74, 6) is 1.72. The number of rotatable bonds is 7. The van der Waals surface area contributed by atoms with Crippen LogP contribution in [0.3, 0.4) is 0 Å². The minimum absolute atomic E-state index is 0.0858. The van der Waals surface area contributed by atoms with Gasteiger partial charge in [-0.15, -0.1) is 0 Å². The van der Waals surface area contributed by atoms with Crippen molar-refractivity contribution in [3.63, 3.8) is 0 Å². The van der Waals surface area contributed by atoms with E-state index in [1.54, 1.807) is 11.8 Å². The molecule has 1 aromatic carbocycles. The Kier molecular flexibility index (Phi) is 6.49. The molecule has 0 radical (unpaired) electrons. The number of ether oxygens (including phenoxy) is 1. The van der Waals surface area contributed by atoms with Crippen LogP contribution in [0.2, 0.25) is 0 Å². The van der Waals surface area contributed by atoms with Gasteiger partial charge in [0.25, 0.3) is 5.91 Å². The number of benzene rings is 1. The Morgan fingerprint density at radius 1 is 1.20 bits per heavy atom. The maximum Gasteiger partial charge on any atom is 0.251 e. The van der Waals surface area contributed by atoms with Crippen molar-refractivity contribution in [2.45, 2.75) is 25.5 Å². The summed E-state index contributed by atoms with van der Waals surface area (Å²) in [7, 11) is 0. The fourth-order valence-corrected chi connectivity index (χ4v) is 3.94. The molecule has 3 aromatic rings. The van der Waals surface area contributed by atoms with E-state index >= 15 is 0 Å². The van der Waals surface area contributed by atoms with Crippen molar-refractivity contribution in [1.29, 1.82) is 0 Å². The molecule has 8 nitrogen and oxygen atoms in total. The average molecular weight is 427 g/mol. The first-order valence-corrected chi connectivity index (χ1v) is 11.2. The highest BCUT2D eigenvalue weighted by Gasteiger charge is 2.20. The molecule has 0 saturated carbocycles. The standard InChI is InChI=1S/C21H26N6O2S/c1-3-30-21-24-18(26-10-12-29-13-11-26)17-14-23-27(19(17)25-21)9-8-22-20(28)16-6-4-15(2)5-7-16/h4-7,14H,3,8-13H2,1-2H3,(H,22,28). The fraction of sp³-hybridized carbons (Fsp3) is 0.429. The smallest absolute Gasteiger partial charge is 0.251 e. The second kappa shape index (κ2) is 9.44. The molecule has 1 fully saturated rings. The van der Waals surface area contributed by atoms with Crippen LogP contribution in [-0.4, -0.2) is 64.3 Å². The zero-order valence-corrected chi connectivity index (χ0v) is 18.1. The number of anilines is 1. The minimum atomic E-state index is -0.0858. The van der Waals surface area contributed by atoms with Gasteiger partial charge in [-0.2, -0.15) is 5.10 Å². The van der Waals surface area contributed by atoms with E-state index in [-0.39, 0.29) is 5.91 Å². The van der Waals surface area contributed by atoms with Gasteiger partial charge in [-0.25, -0.2) is 14.6 Å². The number of nitrogens with zero attached hydrogens (tertiary/aromatic N) is 5. The lowest BCUT2D eigenvalue weighted by molar-refractivity contribution is 0.0952. The summed E-state index contributed by atoms with van der Waals surface area (Å²) in [5.41, 5.74) is 2.59. The van der Waals surface area contributed by atoms with E-state index in [9.17, 15) is 4.79 Å². The molecule has 2 aromatic heterocycles. The summed E-state index contributed by atoms with van der Waals surface area (Å²) < 4.78 is 7.33. The van der Waals surface area contributed by atoms with Gasteiger partial charge in [-0.3, -0.25) is 4.79 Å². The zero-order chi connectivity index (χ0) is 20.9. The fourth-order valence-electron chi connectivity index (χ4n) is 3.38. The molecule has 1 aliphatic heterocycles. The Hall–Kier alpha value is -2.65. The van der Waals surface area contributed by atoms with E-state index in [1.807, 2.05) is 42.1 Å². The van der Waals surface area contributed by atoms with Crippen molar-refractivity contribution in [3.8, 4) is 0 Å². The molecule has 4 rings (SSSR count). The molecule has 9 heteroatoms. The molecule has 1 amide bonds. The van der Waals surface area contributed by atoms with Gasteiger partial charge in [0, 0.05) is 25.2 Å². The number of fused-ring (bicyclic) bond motifs is 1. The largest absolute Gasteiger partial charge is 0.378 e. The van der Waals surface area contributed by atoms with Crippen LogP contribution in [0.1, 0.15) is 22.8 Å². The predicted molar refractivity (Wildman–Crippen MR) is 118 cm³/mol. The van der Waals surface area contributed by atoms with Gasteiger partial charge in [-0.1, -0.05) is 36.4 Å². The molecule has 1 saturated heterocycles. The Labute approximate surface area is 180 Å². The number of carbonyl (C=O) groups is 1. The number of hydrogen-bond donors (Lipinski definition) is 1. The maximum atomic E-state index is 12.4. The second-order valence-electron chi connectivity index (χ2n) is 7.09. The molecular formula is C21H26N6O2S. The number of carbonyl (C=O) groups excluding carboxylic acids is 1. The number of aryl methyl sites for hydroxylation is 1. The van der Waals surface area contributed by atoms with Crippen molar-refractivity contribution in [2.75, 3.05) is 43.5 Å². The van der Waals surface area contributed by atoms with E-state index in [4.69, 9.17) is 14.7 Å². The maximum absolute atomic E-state index is 12.4. The third-order valence-corrected chi connectivity index (χ3v) is 5.69. The number of hydrogen-bond acceptors (Lipinski definition) is 7. The van der Waals surface area contributed by atoms with Crippen LogP contribution in [0.15, 0.2) is 35.6 Å². The molecule has 0 bridgehead atoms. The normalized spacial score (nSPS) is 14.3. The van der Waals surface area contributed by atoms with Crippen molar-refractivity contribution >= 4 is 34.5 Å². The van der Waals surface area contributed by atoms with Gasteiger partial charge >= 0.3 is 0 Å². The summed E-state index contributed by atoms with van der Waals surface area (Å²) in [6.45, 7) is 8.10. The summed E-state index contributed by atoms with van der Waals surface area (Å²) in [6, 6.07) is 7.55.